The number of nitrogens with zero attached hydrogens (tertiary/aromatic N) is 3. The Morgan fingerprint density at radius 2 is 1.87 bits per heavy atom. The summed E-state index contributed by atoms with van der Waals surface area (Å²) in [6.45, 7) is 8.92. The number of fused-ring (bicyclic) bond motifs is 1. The van der Waals surface area contributed by atoms with Crippen LogP contribution in [-0.2, 0) is 11.3 Å². The van der Waals surface area contributed by atoms with Gasteiger partial charge in [0.1, 0.15) is 6.54 Å². The van der Waals surface area contributed by atoms with Gasteiger partial charge in [0.15, 0.2) is 0 Å². The van der Waals surface area contributed by atoms with E-state index < -0.39 is 0 Å². The summed E-state index contributed by atoms with van der Waals surface area (Å²) in [4.78, 5) is 29.6. The highest BCUT2D eigenvalue weighted by Gasteiger charge is 2.33. The number of hydrogen-bond donors (Lipinski definition) is 1. The van der Waals surface area contributed by atoms with Crippen molar-refractivity contribution in [2.45, 2.75) is 52.6 Å². The third kappa shape index (κ3) is 5.04. The number of urea groups is 1. The van der Waals surface area contributed by atoms with E-state index in [0.29, 0.717) is 19.6 Å². The molecule has 162 valence electrons. The number of amides is 3. The van der Waals surface area contributed by atoms with Crippen LogP contribution in [0.15, 0.2) is 42.6 Å². The number of unbranched alkanes of at least 4 members (excludes halogenated alkanes) is 1. The highest BCUT2D eigenvalue weighted by Crippen LogP contribution is 2.32. The van der Waals surface area contributed by atoms with Gasteiger partial charge >= 0.3 is 6.03 Å². The van der Waals surface area contributed by atoms with E-state index in [2.05, 4.69) is 60.3 Å². The first-order valence-corrected chi connectivity index (χ1v) is 11.1. The van der Waals surface area contributed by atoms with Crippen LogP contribution in [0.4, 0.5) is 4.79 Å². The third-order valence-electron chi connectivity index (χ3n) is 5.67. The standard InChI is InChI=1S/C24H34N4O2/c1-4-6-13-25-24(30)27(14-5-2)18-22(29)28-17-16-26-15-7-8-21(26)23(28)20-11-9-19(3)10-12-20/h7-12,15,23H,4-6,13-14,16-18H2,1-3H3,(H,25,30). The Balaban J connectivity index is 1.80. The minimum Gasteiger partial charge on any atom is -0.348 e. The zero-order chi connectivity index (χ0) is 21.5. The first-order chi connectivity index (χ1) is 14.5. The molecule has 3 amide bonds. The molecule has 1 N–H and O–H groups in total. The van der Waals surface area contributed by atoms with Crippen LogP contribution in [0.5, 0.6) is 0 Å². The molecule has 1 aromatic heterocycles. The largest absolute Gasteiger partial charge is 0.348 e. The fraction of sp³-hybridized carbons (Fsp3) is 0.500. The molecule has 1 aliphatic rings. The Labute approximate surface area is 179 Å². The molecule has 0 saturated carbocycles. The summed E-state index contributed by atoms with van der Waals surface area (Å²) < 4.78 is 2.22. The van der Waals surface area contributed by atoms with E-state index in [0.717, 1.165) is 37.1 Å². The minimum atomic E-state index is -0.147. The molecule has 0 fully saturated rings. The van der Waals surface area contributed by atoms with Gasteiger partial charge in [-0.3, -0.25) is 4.79 Å². The minimum absolute atomic E-state index is 0.00730. The zero-order valence-electron chi connectivity index (χ0n) is 18.4. The Morgan fingerprint density at radius 3 is 2.57 bits per heavy atom. The molecule has 1 aromatic carbocycles. The van der Waals surface area contributed by atoms with Gasteiger partial charge in [0.2, 0.25) is 5.91 Å². The second kappa shape index (κ2) is 10.3. The van der Waals surface area contributed by atoms with Gasteiger partial charge in [-0.05, 0) is 37.5 Å². The zero-order valence-corrected chi connectivity index (χ0v) is 18.4. The van der Waals surface area contributed by atoms with Crippen molar-refractivity contribution >= 4 is 11.9 Å². The summed E-state index contributed by atoms with van der Waals surface area (Å²) in [6.07, 6.45) is 4.86. The summed E-state index contributed by atoms with van der Waals surface area (Å²) >= 11 is 0. The third-order valence-corrected chi connectivity index (χ3v) is 5.67. The molecule has 1 atom stereocenters. The van der Waals surface area contributed by atoms with Crippen molar-refractivity contribution in [1.29, 1.82) is 0 Å². The van der Waals surface area contributed by atoms with Crippen molar-refractivity contribution in [3.63, 3.8) is 0 Å². The molecule has 0 bridgehead atoms. The molecule has 6 nitrogen and oxygen atoms in total. The average Bonchev–Trinajstić information content (AvgIpc) is 3.22. The lowest BCUT2D eigenvalue weighted by Crippen LogP contribution is -2.50. The van der Waals surface area contributed by atoms with Crippen LogP contribution < -0.4 is 5.32 Å². The maximum atomic E-state index is 13.4. The highest BCUT2D eigenvalue weighted by molar-refractivity contribution is 5.84. The van der Waals surface area contributed by atoms with Gasteiger partial charge in [-0.2, -0.15) is 0 Å². The average molecular weight is 411 g/mol. The Bertz CT molecular complexity index is 843. The smallest absolute Gasteiger partial charge is 0.317 e. The van der Waals surface area contributed by atoms with E-state index in [1.54, 1.807) is 4.90 Å². The lowest BCUT2D eigenvalue weighted by molar-refractivity contribution is -0.134. The number of aromatic nitrogens is 1. The molecule has 0 aliphatic carbocycles. The van der Waals surface area contributed by atoms with Crippen LogP contribution in [0.3, 0.4) is 0 Å². The van der Waals surface area contributed by atoms with E-state index in [1.807, 2.05) is 17.9 Å². The van der Waals surface area contributed by atoms with Crippen LogP contribution in [0, 0.1) is 6.92 Å². The second-order valence-electron chi connectivity index (χ2n) is 8.03. The molecule has 2 heterocycles. The highest BCUT2D eigenvalue weighted by atomic mass is 16.2. The Kier molecular flexibility index (Phi) is 7.55. The number of benzene rings is 1. The van der Waals surface area contributed by atoms with Crippen molar-refractivity contribution in [2.75, 3.05) is 26.2 Å². The van der Waals surface area contributed by atoms with Crippen molar-refractivity contribution in [3.05, 3.63) is 59.4 Å². The van der Waals surface area contributed by atoms with E-state index in [9.17, 15) is 9.59 Å². The first-order valence-electron chi connectivity index (χ1n) is 11.1. The quantitative estimate of drug-likeness (QED) is 0.670. The number of rotatable bonds is 8. The van der Waals surface area contributed by atoms with E-state index >= 15 is 0 Å². The molecular formula is C24H34N4O2. The van der Waals surface area contributed by atoms with Crippen LogP contribution in [0.1, 0.15) is 56.0 Å². The van der Waals surface area contributed by atoms with E-state index in [1.165, 1.54) is 5.56 Å². The maximum Gasteiger partial charge on any atom is 0.317 e. The van der Waals surface area contributed by atoms with Gasteiger partial charge in [-0.25, -0.2) is 4.79 Å². The van der Waals surface area contributed by atoms with Crippen LogP contribution in [0.2, 0.25) is 0 Å². The fourth-order valence-electron chi connectivity index (χ4n) is 4.01. The van der Waals surface area contributed by atoms with Crippen LogP contribution in [0.25, 0.3) is 0 Å². The molecule has 2 aromatic rings. The van der Waals surface area contributed by atoms with Crippen molar-refractivity contribution in [1.82, 2.24) is 19.7 Å². The van der Waals surface area contributed by atoms with Gasteiger partial charge in [0.05, 0.1) is 6.04 Å². The number of hydrogen-bond acceptors (Lipinski definition) is 2. The second-order valence-corrected chi connectivity index (χ2v) is 8.03. The predicted molar refractivity (Wildman–Crippen MR) is 119 cm³/mol. The molecular weight excluding hydrogens is 376 g/mol. The number of carbonyl (C=O) groups excluding carboxylic acids is 2. The fourth-order valence-corrected chi connectivity index (χ4v) is 4.01. The topological polar surface area (TPSA) is 57.6 Å². The number of nitrogens with one attached hydrogen (secondary N) is 1. The van der Waals surface area contributed by atoms with Gasteiger partial charge in [0, 0.05) is 38.1 Å². The van der Waals surface area contributed by atoms with Gasteiger partial charge in [-0.1, -0.05) is 50.1 Å². The molecule has 30 heavy (non-hydrogen) atoms. The monoisotopic (exact) mass is 410 g/mol. The van der Waals surface area contributed by atoms with Crippen LogP contribution >= 0.6 is 0 Å². The Morgan fingerprint density at radius 1 is 1.10 bits per heavy atom. The molecule has 0 radical (unpaired) electrons. The van der Waals surface area contributed by atoms with Gasteiger partial charge in [-0.15, -0.1) is 0 Å². The van der Waals surface area contributed by atoms with E-state index in [4.69, 9.17) is 0 Å². The number of aryl methyl sites for hydroxylation is 1. The SMILES string of the molecule is CCCCNC(=O)N(CCC)CC(=O)N1CCn2cccc2C1c1ccc(C)cc1. The summed E-state index contributed by atoms with van der Waals surface area (Å²) in [5, 5.41) is 2.95. The maximum absolute atomic E-state index is 13.4. The number of carbonyl (C=O) groups is 2. The summed E-state index contributed by atoms with van der Waals surface area (Å²) in [5.74, 6) is -0.00730. The molecule has 1 aliphatic heterocycles. The molecule has 0 saturated heterocycles. The van der Waals surface area contributed by atoms with Crippen LogP contribution in [-0.4, -0.2) is 52.5 Å². The molecule has 0 spiro atoms. The summed E-state index contributed by atoms with van der Waals surface area (Å²) in [6, 6.07) is 12.2. The molecule has 6 heteroatoms. The lowest BCUT2D eigenvalue weighted by atomic mass is 9.98. The van der Waals surface area contributed by atoms with Crippen molar-refractivity contribution in [3.8, 4) is 0 Å². The molecule has 1 unspecified atom stereocenters. The first kappa shape index (κ1) is 21.9. The summed E-state index contributed by atoms with van der Waals surface area (Å²) in [7, 11) is 0. The van der Waals surface area contributed by atoms with Gasteiger partial charge < -0.3 is 19.7 Å². The lowest BCUT2D eigenvalue weighted by Gasteiger charge is -2.38. The summed E-state index contributed by atoms with van der Waals surface area (Å²) in [5.41, 5.74) is 3.41. The van der Waals surface area contributed by atoms with Crippen molar-refractivity contribution < 1.29 is 9.59 Å². The van der Waals surface area contributed by atoms with Gasteiger partial charge in [0.25, 0.3) is 0 Å². The molecule has 3 rings (SSSR count). The van der Waals surface area contributed by atoms with E-state index in [-0.39, 0.29) is 24.5 Å². The Hall–Kier alpha value is -2.76. The van der Waals surface area contributed by atoms with Crippen molar-refractivity contribution in [2.24, 2.45) is 0 Å². The normalized spacial score (nSPS) is 15.6. The predicted octanol–water partition coefficient (Wildman–Crippen LogP) is 3.95.